The summed E-state index contributed by atoms with van der Waals surface area (Å²) in [4.78, 5) is 64.3. The van der Waals surface area contributed by atoms with Crippen molar-refractivity contribution in [1.82, 2.24) is 15.1 Å². The summed E-state index contributed by atoms with van der Waals surface area (Å²) in [6, 6.07) is 12.9. The molecule has 0 spiro atoms. The van der Waals surface area contributed by atoms with Crippen LogP contribution in [-0.4, -0.2) is 120 Å². The Kier molecular flexibility index (Phi) is 17.6. The number of amides is 3. The van der Waals surface area contributed by atoms with E-state index in [4.69, 9.17) is 32.8 Å². The number of methoxy groups -OCH3 is 1. The van der Waals surface area contributed by atoms with Gasteiger partial charge in [-0.3, -0.25) is 4.79 Å². The Morgan fingerprint density at radius 1 is 0.788 bits per heavy atom. The minimum absolute atomic E-state index is 0.0000428. The third-order valence-corrected chi connectivity index (χ3v) is 17.6. The van der Waals surface area contributed by atoms with E-state index in [0.717, 1.165) is 16.0 Å². The second kappa shape index (κ2) is 21.5. The molecule has 2 heterocycles. The number of hydrogen-bond donors (Lipinski definition) is 2. The number of ether oxygens (including phenoxy) is 6. The lowest BCUT2D eigenvalue weighted by Gasteiger charge is -2.52. The van der Waals surface area contributed by atoms with Gasteiger partial charge in [-0.15, -0.1) is 4.99 Å². The number of nitrogens with one attached hydrogen (secondary N) is 1. The van der Waals surface area contributed by atoms with Crippen LogP contribution in [0.4, 0.5) is 14.4 Å². The van der Waals surface area contributed by atoms with E-state index in [0.29, 0.717) is 5.75 Å². The van der Waals surface area contributed by atoms with Crippen LogP contribution in [0, 0.1) is 0 Å². The number of nitrogens with zero attached hydrogens (tertiary/aromatic N) is 3. The first-order valence-corrected chi connectivity index (χ1v) is 25.0. The van der Waals surface area contributed by atoms with Gasteiger partial charge in [0.05, 0.1) is 57.5 Å². The molecule has 2 aromatic carbocycles. The van der Waals surface area contributed by atoms with Gasteiger partial charge in [-0.05, 0) is 102 Å². The summed E-state index contributed by atoms with van der Waals surface area (Å²) in [6.45, 7) is 27.2. The van der Waals surface area contributed by atoms with Gasteiger partial charge in [-0.25, -0.2) is 19.3 Å². The molecule has 368 valence electrons. The van der Waals surface area contributed by atoms with Crippen molar-refractivity contribution < 1.29 is 57.1 Å². The molecular formula is C49H76N4O12Si. The number of esters is 1. The fourth-order valence-electron chi connectivity index (χ4n) is 9.12. The van der Waals surface area contributed by atoms with Gasteiger partial charge in [0, 0.05) is 0 Å². The van der Waals surface area contributed by atoms with Crippen molar-refractivity contribution in [3.63, 3.8) is 0 Å². The van der Waals surface area contributed by atoms with E-state index in [2.05, 4.69) is 51.9 Å². The Hall–Kier alpha value is -4.71. The van der Waals surface area contributed by atoms with Crippen molar-refractivity contribution in [2.45, 2.75) is 187 Å². The molecule has 0 unspecified atom stereocenters. The highest BCUT2D eigenvalue weighted by molar-refractivity contribution is 6.77. The average molecular weight is 941 g/mol. The first-order chi connectivity index (χ1) is 30.5. The third-order valence-electron chi connectivity index (χ3n) is 11.5. The molecule has 0 bridgehead atoms. The second-order valence-corrected chi connectivity index (χ2v) is 26.7. The SMILES string of the molecule is COc1ccc(COC[C@H]2[C@H](NC(=O)OCc3ccccc3)[C@H]3[C@H](O[Si](C(C)C)(C(C)C)C(C)C)[C@@](O)(CC(=O)OC(C)(C)C)CN3/C(=N\C(=O)OC(C)(C)C)N2C(=O)OC(C)(C)C)cc1. The molecule has 17 heteroatoms. The molecule has 2 aliphatic heterocycles. The van der Waals surface area contributed by atoms with Crippen molar-refractivity contribution in [2.24, 2.45) is 4.99 Å². The first kappa shape index (κ1) is 53.9. The van der Waals surface area contributed by atoms with Gasteiger partial charge in [-0.2, -0.15) is 0 Å². The standard InChI is InChI=1S/C49H76N4O12Si/c1-31(2)66(32(3)4,33(5)6)65-41-40-39(50-43(55)61-28-34-20-18-17-19-21-34)37(29-60-27-35-22-24-36(59-16)25-23-35)53(45(57)64-48(13,14)15)42(51-44(56)63-47(10,11)12)52(40)30-49(41,58)26-38(54)62-46(7,8)9/h17-25,31-33,37,39-41,58H,26-30H2,1-16H3,(H,50,55)/b51-42+/t37-,39-,40-,41-,49+/m0/s1. The number of rotatable bonds is 15. The molecule has 5 atom stereocenters. The molecule has 0 aromatic heterocycles. The maximum atomic E-state index is 14.9. The molecule has 66 heavy (non-hydrogen) atoms. The Morgan fingerprint density at radius 2 is 1.33 bits per heavy atom. The number of aliphatic hydroxyl groups is 1. The van der Waals surface area contributed by atoms with Crippen LogP contribution in [0.25, 0.3) is 0 Å². The second-order valence-electron chi connectivity index (χ2n) is 21.2. The van der Waals surface area contributed by atoms with Crippen LogP contribution in [0.2, 0.25) is 16.6 Å². The molecule has 0 radical (unpaired) electrons. The zero-order valence-corrected chi connectivity index (χ0v) is 43.1. The summed E-state index contributed by atoms with van der Waals surface area (Å²) in [7, 11) is -1.43. The van der Waals surface area contributed by atoms with Crippen LogP contribution in [0.1, 0.15) is 121 Å². The Balaban J connectivity index is 2.06. The smallest absolute Gasteiger partial charge is 0.437 e. The maximum Gasteiger partial charge on any atom is 0.437 e. The average Bonchev–Trinajstić information content (AvgIpc) is 3.45. The van der Waals surface area contributed by atoms with E-state index >= 15 is 0 Å². The highest BCUT2D eigenvalue weighted by Crippen LogP contribution is 2.49. The van der Waals surface area contributed by atoms with E-state index in [1.165, 1.54) is 0 Å². The van der Waals surface area contributed by atoms with Crippen molar-refractivity contribution in [1.29, 1.82) is 0 Å². The number of alkyl carbamates (subject to hydrolysis) is 1. The fraction of sp³-hybridized carbons (Fsp3) is 0.653. The summed E-state index contributed by atoms with van der Waals surface area (Å²) in [5.74, 6) is -0.305. The van der Waals surface area contributed by atoms with Gasteiger partial charge >= 0.3 is 24.2 Å². The number of hydrogen-bond acceptors (Lipinski definition) is 12. The number of carbonyl (C=O) groups is 4. The lowest BCUT2D eigenvalue weighted by Crippen LogP contribution is -2.74. The molecule has 3 amide bonds. The summed E-state index contributed by atoms with van der Waals surface area (Å²) < 4.78 is 42.8. The molecule has 16 nitrogen and oxygen atoms in total. The van der Waals surface area contributed by atoms with Crippen molar-refractivity contribution >= 4 is 38.5 Å². The lowest BCUT2D eigenvalue weighted by atomic mass is 9.86. The van der Waals surface area contributed by atoms with E-state index in [1.54, 1.807) is 86.5 Å². The molecule has 2 aliphatic rings. The maximum absolute atomic E-state index is 14.9. The molecule has 2 fully saturated rings. The predicted octanol–water partition coefficient (Wildman–Crippen LogP) is 9.13. The van der Waals surface area contributed by atoms with Crippen LogP contribution in [0.3, 0.4) is 0 Å². The predicted molar refractivity (Wildman–Crippen MR) is 254 cm³/mol. The van der Waals surface area contributed by atoms with E-state index in [-0.39, 0.29) is 42.4 Å². The van der Waals surface area contributed by atoms with Crippen molar-refractivity contribution in [2.75, 3.05) is 20.3 Å². The monoisotopic (exact) mass is 941 g/mol. The Labute approximate surface area is 393 Å². The minimum atomic E-state index is -3.00. The molecule has 2 saturated heterocycles. The van der Waals surface area contributed by atoms with Crippen LogP contribution in [0.5, 0.6) is 5.75 Å². The summed E-state index contributed by atoms with van der Waals surface area (Å²) in [6.07, 6.45) is -4.61. The van der Waals surface area contributed by atoms with Gasteiger partial charge < -0.3 is 48.2 Å². The number of guanidine groups is 1. The van der Waals surface area contributed by atoms with E-state index in [9.17, 15) is 24.3 Å². The molecule has 2 N–H and O–H groups in total. The van der Waals surface area contributed by atoms with Gasteiger partial charge in [0.1, 0.15) is 34.8 Å². The molecule has 4 rings (SSSR count). The number of fused-ring (bicyclic) bond motifs is 1. The molecule has 2 aromatic rings. The zero-order valence-electron chi connectivity index (χ0n) is 42.1. The largest absolute Gasteiger partial charge is 0.497 e. The van der Waals surface area contributed by atoms with Crippen LogP contribution < -0.4 is 10.1 Å². The molecule has 0 aliphatic carbocycles. The number of benzene rings is 2. The van der Waals surface area contributed by atoms with Gasteiger partial charge in [0.15, 0.2) is 0 Å². The van der Waals surface area contributed by atoms with Crippen molar-refractivity contribution in [3.8, 4) is 5.75 Å². The van der Waals surface area contributed by atoms with E-state index in [1.807, 2.05) is 42.5 Å². The minimum Gasteiger partial charge on any atom is -0.497 e. The third kappa shape index (κ3) is 13.9. The van der Waals surface area contributed by atoms with Gasteiger partial charge in [0.2, 0.25) is 14.3 Å². The lowest BCUT2D eigenvalue weighted by molar-refractivity contribution is -0.163. The highest BCUT2D eigenvalue weighted by Gasteiger charge is 2.66. The number of carbonyl (C=O) groups excluding carboxylic acids is 4. The van der Waals surface area contributed by atoms with Crippen LogP contribution in [0.15, 0.2) is 59.6 Å². The normalized spacial score (nSPS) is 22.1. The fourth-order valence-corrected chi connectivity index (χ4v) is 14.7. The van der Waals surface area contributed by atoms with E-state index < -0.39 is 92.2 Å². The number of aliphatic imine (C=N–C) groups is 1. The van der Waals surface area contributed by atoms with Crippen LogP contribution in [-0.2, 0) is 46.1 Å². The summed E-state index contributed by atoms with van der Waals surface area (Å²) in [5.41, 5.74) is -3.49. The van der Waals surface area contributed by atoms with Crippen molar-refractivity contribution in [3.05, 3.63) is 65.7 Å². The van der Waals surface area contributed by atoms with Crippen LogP contribution >= 0.6 is 0 Å². The summed E-state index contributed by atoms with van der Waals surface area (Å²) in [5, 5.41) is 16.4. The highest BCUT2D eigenvalue weighted by atomic mass is 28.4. The zero-order chi connectivity index (χ0) is 49.6. The molecule has 0 saturated carbocycles. The van der Waals surface area contributed by atoms with Gasteiger partial charge in [0.25, 0.3) is 0 Å². The van der Waals surface area contributed by atoms with Gasteiger partial charge in [-0.1, -0.05) is 84.0 Å². The first-order valence-electron chi connectivity index (χ1n) is 22.9. The Bertz CT molecular complexity index is 1970. The quantitative estimate of drug-likeness (QED) is 0.0980. The topological polar surface area (TPSA) is 184 Å². The molecular weight excluding hydrogens is 865 g/mol. The Morgan fingerprint density at radius 3 is 1.85 bits per heavy atom. The summed E-state index contributed by atoms with van der Waals surface area (Å²) >= 11 is 0.